The number of benzene rings is 2. The van der Waals surface area contributed by atoms with Gasteiger partial charge in [0, 0.05) is 17.3 Å². The fourth-order valence-electron chi connectivity index (χ4n) is 3.63. The van der Waals surface area contributed by atoms with Crippen molar-refractivity contribution in [3.8, 4) is 11.5 Å². The predicted octanol–water partition coefficient (Wildman–Crippen LogP) is 1.95. The molecule has 1 aliphatic rings. The number of carbonyl (C=O) groups excluding carboxylic acids is 1. The summed E-state index contributed by atoms with van der Waals surface area (Å²) < 4.78 is 11.7. The molecule has 0 spiro atoms. The molecule has 1 unspecified atom stereocenters. The molecule has 166 valence electrons. The molecule has 0 amide bonds. The van der Waals surface area contributed by atoms with Crippen molar-refractivity contribution in [3.05, 3.63) is 53.6 Å². The number of carboxylic acid groups (broad SMARTS) is 1. The van der Waals surface area contributed by atoms with Gasteiger partial charge in [0.2, 0.25) is 0 Å². The highest BCUT2D eigenvalue weighted by Gasteiger charge is 2.22. The first-order valence-corrected chi connectivity index (χ1v) is 10.4. The van der Waals surface area contributed by atoms with Gasteiger partial charge in [0.25, 0.3) is 0 Å². The Balaban J connectivity index is 1.84. The van der Waals surface area contributed by atoms with Crippen LogP contribution in [0, 0.1) is 5.41 Å². The molecule has 2 aromatic carbocycles. The molecule has 0 radical (unpaired) electrons. The number of ether oxygens (including phenoxy) is 2. The van der Waals surface area contributed by atoms with E-state index in [4.69, 9.17) is 20.6 Å². The van der Waals surface area contributed by atoms with Gasteiger partial charge in [-0.3, -0.25) is 5.41 Å². The second-order valence-electron chi connectivity index (χ2n) is 7.61. The lowest BCUT2D eigenvalue weighted by Crippen LogP contribution is -2.34. The zero-order valence-electron chi connectivity index (χ0n) is 17.5. The molecule has 0 bridgehead atoms. The number of anilines is 1. The van der Waals surface area contributed by atoms with Crippen LogP contribution in [-0.2, 0) is 4.79 Å². The minimum Gasteiger partial charge on any atom is -0.548 e. The third-order valence-electron chi connectivity index (χ3n) is 5.24. The number of aliphatic hydroxyl groups is 1. The molecule has 2 aromatic rings. The fourth-order valence-corrected chi connectivity index (χ4v) is 3.63. The van der Waals surface area contributed by atoms with Crippen molar-refractivity contribution in [2.45, 2.75) is 50.9 Å². The van der Waals surface area contributed by atoms with E-state index in [1.165, 1.54) is 0 Å². The van der Waals surface area contributed by atoms with Crippen molar-refractivity contribution < 1.29 is 24.5 Å². The first-order chi connectivity index (χ1) is 14.9. The number of nitrogens with two attached hydrogens (primary N) is 1. The molecule has 1 saturated carbocycles. The third-order valence-corrected chi connectivity index (χ3v) is 5.24. The number of nitrogens with one attached hydrogen (secondary N) is 2. The topological polar surface area (TPSA) is 141 Å². The SMILES string of the molecule is CCOc1cc(OC2CCC(O)CC2)cc(C(Nc2ccc(C(=N)N)cc2)C(=O)[O-])c1. The van der Waals surface area contributed by atoms with Gasteiger partial charge in [0.1, 0.15) is 17.3 Å². The van der Waals surface area contributed by atoms with E-state index >= 15 is 0 Å². The number of aliphatic carboxylic acids is 1. The quantitative estimate of drug-likeness (QED) is 0.355. The lowest BCUT2D eigenvalue weighted by molar-refractivity contribution is -0.307. The minimum absolute atomic E-state index is 0.0402. The summed E-state index contributed by atoms with van der Waals surface area (Å²) in [7, 11) is 0. The molecular formula is C23H28N3O5-. The average Bonchev–Trinajstić information content (AvgIpc) is 2.74. The number of aliphatic hydroxyl groups excluding tert-OH is 1. The first-order valence-electron chi connectivity index (χ1n) is 10.4. The maximum Gasteiger partial charge on any atom is 0.123 e. The standard InChI is InChI=1S/C23H29N3O5/c1-2-30-19-11-15(12-20(13-19)31-18-9-7-17(27)8-10-18)21(23(28)29)26-16-5-3-14(4-6-16)22(24)25/h3-6,11-13,17-18,21,26-27H,2,7-10H2,1H3,(H3,24,25)(H,28,29)/p-1. The summed E-state index contributed by atoms with van der Waals surface area (Å²) in [5, 5.41) is 32.1. The van der Waals surface area contributed by atoms with E-state index in [1.54, 1.807) is 42.5 Å². The zero-order valence-corrected chi connectivity index (χ0v) is 17.5. The summed E-state index contributed by atoms with van der Waals surface area (Å²) >= 11 is 0. The van der Waals surface area contributed by atoms with Crippen LogP contribution in [0.15, 0.2) is 42.5 Å². The van der Waals surface area contributed by atoms with Gasteiger partial charge in [-0.1, -0.05) is 0 Å². The van der Waals surface area contributed by atoms with Crippen LogP contribution in [0.3, 0.4) is 0 Å². The van der Waals surface area contributed by atoms with Crippen molar-refractivity contribution in [1.29, 1.82) is 5.41 Å². The van der Waals surface area contributed by atoms with Gasteiger partial charge in [0.05, 0.1) is 30.8 Å². The predicted molar refractivity (Wildman–Crippen MR) is 115 cm³/mol. The smallest absolute Gasteiger partial charge is 0.123 e. The molecule has 3 rings (SSSR count). The Hall–Kier alpha value is -3.26. The Morgan fingerprint density at radius 3 is 2.42 bits per heavy atom. The van der Waals surface area contributed by atoms with Gasteiger partial charge in [-0.2, -0.15) is 0 Å². The van der Waals surface area contributed by atoms with Crippen LogP contribution in [0.2, 0.25) is 0 Å². The van der Waals surface area contributed by atoms with Crippen molar-refractivity contribution >= 4 is 17.5 Å². The van der Waals surface area contributed by atoms with E-state index in [9.17, 15) is 15.0 Å². The lowest BCUT2D eigenvalue weighted by atomic mass is 9.95. The third kappa shape index (κ3) is 6.11. The molecule has 0 aliphatic heterocycles. The summed E-state index contributed by atoms with van der Waals surface area (Å²) in [6, 6.07) is 10.5. The van der Waals surface area contributed by atoms with Gasteiger partial charge >= 0.3 is 0 Å². The molecule has 31 heavy (non-hydrogen) atoms. The van der Waals surface area contributed by atoms with E-state index in [0.29, 0.717) is 47.8 Å². The van der Waals surface area contributed by atoms with E-state index in [2.05, 4.69) is 5.32 Å². The molecule has 1 atom stereocenters. The number of carbonyl (C=O) groups is 1. The molecule has 1 fully saturated rings. The number of rotatable bonds is 9. The van der Waals surface area contributed by atoms with Gasteiger partial charge < -0.3 is 35.5 Å². The molecule has 0 heterocycles. The van der Waals surface area contributed by atoms with Crippen molar-refractivity contribution in [2.75, 3.05) is 11.9 Å². The molecule has 0 saturated heterocycles. The number of carboxylic acids is 1. The van der Waals surface area contributed by atoms with Crippen LogP contribution in [0.25, 0.3) is 0 Å². The Bertz CT molecular complexity index is 908. The highest BCUT2D eigenvalue weighted by atomic mass is 16.5. The van der Waals surface area contributed by atoms with Gasteiger partial charge in [-0.25, -0.2) is 0 Å². The summed E-state index contributed by atoms with van der Waals surface area (Å²) in [6.45, 7) is 2.27. The van der Waals surface area contributed by atoms with Crippen LogP contribution >= 0.6 is 0 Å². The fraction of sp³-hybridized carbons (Fsp3) is 0.391. The minimum atomic E-state index is -1.30. The van der Waals surface area contributed by atoms with Crippen molar-refractivity contribution in [1.82, 2.24) is 0 Å². The summed E-state index contributed by atoms with van der Waals surface area (Å²) in [5.74, 6) is -0.339. The first kappa shape index (κ1) is 22.4. The largest absolute Gasteiger partial charge is 0.548 e. The molecule has 5 N–H and O–H groups in total. The van der Waals surface area contributed by atoms with Crippen LogP contribution in [0.5, 0.6) is 11.5 Å². The van der Waals surface area contributed by atoms with Gasteiger partial charge in [-0.05, 0) is 74.6 Å². The number of nitrogen functional groups attached to an aromatic ring is 1. The number of hydrogen-bond donors (Lipinski definition) is 4. The second-order valence-corrected chi connectivity index (χ2v) is 7.61. The van der Waals surface area contributed by atoms with Crippen LogP contribution in [-0.4, -0.2) is 35.7 Å². The number of amidine groups is 1. The Morgan fingerprint density at radius 1 is 1.19 bits per heavy atom. The molecular weight excluding hydrogens is 398 g/mol. The molecule has 8 heteroatoms. The highest BCUT2D eigenvalue weighted by molar-refractivity contribution is 5.95. The Labute approximate surface area is 181 Å². The normalized spacial score (nSPS) is 19.3. The summed E-state index contributed by atoms with van der Waals surface area (Å²) in [4.78, 5) is 11.9. The van der Waals surface area contributed by atoms with Crippen LogP contribution < -0.4 is 25.6 Å². The maximum absolute atomic E-state index is 11.9. The second kappa shape index (κ2) is 10.2. The van der Waals surface area contributed by atoms with Crippen LogP contribution in [0.4, 0.5) is 5.69 Å². The summed E-state index contributed by atoms with van der Waals surface area (Å²) in [6.07, 6.45) is 2.51. The molecule has 8 nitrogen and oxygen atoms in total. The molecule has 1 aliphatic carbocycles. The van der Waals surface area contributed by atoms with Crippen molar-refractivity contribution in [3.63, 3.8) is 0 Å². The number of hydrogen-bond acceptors (Lipinski definition) is 7. The van der Waals surface area contributed by atoms with Crippen LogP contribution in [0.1, 0.15) is 49.8 Å². The van der Waals surface area contributed by atoms with Crippen molar-refractivity contribution in [2.24, 2.45) is 5.73 Å². The average molecular weight is 426 g/mol. The Kier molecular flexibility index (Phi) is 7.36. The maximum atomic E-state index is 11.9. The van der Waals surface area contributed by atoms with E-state index in [0.717, 1.165) is 12.8 Å². The van der Waals surface area contributed by atoms with Gasteiger partial charge in [0.15, 0.2) is 0 Å². The summed E-state index contributed by atoms with van der Waals surface area (Å²) in [5.41, 5.74) is 6.99. The lowest BCUT2D eigenvalue weighted by Gasteiger charge is -2.27. The van der Waals surface area contributed by atoms with Gasteiger partial charge in [-0.15, -0.1) is 0 Å². The monoisotopic (exact) mass is 426 g/mol. The van der Waals surface area contributed by atoms with E-state index < -0.39 is 12.0 Å². The van der Waals surface area contributed by atoms with E-state index in [1.807, 2.05) is 6.92 Å². The van der Waals surface area contributed by atoms with E-state index in [-0.39, 0.29) is 18.0 Å². The zero-order chi connectivity index (χ0) is 22.4. The Morgan fingerprint density at radius 2 is 1.84 bits per heavy atom. The highest BCUT2D eigenvalue weighted by Crippen LogP contribution is 2.31. The molecule has 0 aromatic heterocycles.